The Hall–Kier alpha value is -0.960. The predicted octanol–water partition coefficient (Wildman–Crippen LogP) is 8.45. The third-order valence-electron chi connectivity index (χ3n) is 7.45. The highest BCUT2D eigenvalue weighted by Gasteiger charge is 2.31. The molecule has 0 saturated heterocycles. The fraction of sp³-hybridized carbons (Fsp3) is 0.769. The first-order chi connectivity index (χ1) is 14.6. The van der Waals surface area contributed by atoms with Crippen molar-refractivity contribution in [2.75, 3.05) is 13.2 Å². The Labute approximate surface area is 187 Å². The van der Waals surface area contributed by atoms with Crippen LogP contribution in [0.25, 0.3) is 0 Å². The van der Waals surface area contributed by atoms with Gasteiger partial charge >= 0.3 is 0 Å². The van der Waals surface area contributed by atoms with E-state index < -0.39 is 5.82 Å². The van der Waals surface area contributed by atoms with E-state index in [0.717, 1.165) is 17.8 Å². The van der Waals surface area contributed by atoms with E-state index in [2.05, 4.69) is 6.92 Å². The van der Waals surface area contributed by atoms with Crippen LogP contribution in [-0.2, 0) is 0 Å². The quantitative estimate of drug-likeness (QED) is 0.341. The molecule has 2 fully saturated rings. The van der Waals surface area contributed by atoms with E-state index >= 15 is 0 Å². The fourth-order valence-electron chi connectivity index (χ4n) is 5.56. The average Bonchev–Trinajstić information content (AvgIpc) is 2.78. The second-order valence-corrected chi connectivity index (χ2v) is 9.87. The maximum absolute atomic E-state index is 14.2. The number of ether oxygens (including phenoxy) is 2. The molecule has 30 heavy (non-hydrogen) atoms. The van der Waals surface area contributed by atoms with E-state index in [1.165, 1.54) is 77.0 Å². The van der Waals surface area contributed by atoms with E-state index in [0.29, 0.717) is 24.9 Å². The van der Waals surface area contributed by atoms with Crippen molar-refractivity contribution in [3.05, 3.63) is 23.0 Å². The highest BCUT2D eigenvalue weighted by atomic mass is 35.5. The third kappa shape index (κ3) is 6.52. The highest BCUT2D eigenvalue weighted by molar-refractivity contribution is 6.32. The summed E-state index contributed by atoms with van der Waals surface area (Å²) in [4.78, 5) is 0. The molecule has 0 atom stereocenters. The number of unbranched alkanes of at least 4 members (excludes halogenated alkanes) is 2. The minimum absolute atomic E-state index is 0.0327. The van der Waals surface area contributed by atoms with Gasteiger partial charge in [-0.25, -0.2) is 4.39 Å². The van der Waals surface area contributed by atoms with Crippen LogP contribution in [0.1, 0.15) is 90.9 Å². The summed E-state index contributed by atoms with van der Waals surface area (Å²) in [6.45, 7) is 5.16. The monoisotopic (exact) mass is 438 g/mol. The van der Waals surface area contributed by atoms with Gasteiger partial charge in [-0.3, -0.25) is 0 Å². The minimum atomic E-state index is -0.523. The van der Waals surface area contributed by atoms with Gasteiger partial charge in [0.05, 0.1) is 13.2 Å². The van der Waals surface area contributed by atoms with E-state index in [1.807, 2.05) is 6.92 Å². The molecule has 0 heterocycles. The summed E-state index contributed by atoms with van der Waals surface area (Å²) in [5.74, 6) is 3.50. The van der Waals surface area contributed by atoms with Gasteiger partial charge in [-0.2, -0.15) is 0 Å². The number of hydrogen-bond donors (Lipinski definition) is 0. The van der Waals surface area contributed by atoms with Crippen LogP contribution >= 0.6 is 11.6 Å². The van der Waals surface area contributed by atoms with Crippen molar-refractivity contribution in [1.29, 1.82) is 0 Å². The van der Waals surface area contributed by atoms with Gasteiger partial charge in [-0.15, -0.1) is 0 Å². The molecule has 1 aromatic carbocycles. The lowest BCUT2D eigenvalue weighted by molar-refractivity contribution is 0.121. The third-order valence-corrected chi connectivity index (χ3v) is 7.80. The Bertz CT molecular complexity index is 634. The lowest BCUT2D eigenvalue weighted by atomic mass is 9.69. The second-order valence-electron chi connectivity index (χ2n) is 9.49. The summed E-state index contributed by atoms with van der Waals surface area (Å²) < 4.78 is 25.4. The number of halogens is 2. The van der Waals surface area contributed by atoms with Crippen LogP contribution < -0.4 is 9.47 Å². The lowest BCUT2D eigenvalue weighted by Crippen LogP contribution is -2.27. The SMILES string of the molecule is CCCCCC1CCC(C2CCC(COc3ccc(OCC)c(F)c3Cl)CC2)CC1. The highest BCUT2D eigenvalue weighted by Crippen LogP contribution is 2.42. The average molecular weight is 439 g/mol. The van der Waals surface area contributed by atoms with Crippen molar-refractivity contribution in [2.45, 2.75) is 90.9 Å². The van der Waals surface area contributed by atoms with Crippen molar-refractivity contribution >= 4 is 11.6 Å². The first-order valence-electron chi connectivity index (χ1n) is 12.4. The summed E-state index contributed by atoms with van der Waals surface area (Å²) in [6, 6.07) is 3.33. The standard InChI is InChI=1S/C26H40ClFO2/c1-3-5-6-7-19-8-12-21(13-9-19)22-14-10-20(11-15-22)18-30-23-16-17-24(29-4-2)26(28)25(23)27/h16-17,19-22H,3-15,18H2,1-2H3. The summed E-state index contributed by atoms with van der Waals surface area (Å²) in [5.41, 5.74) is 0. The van der Waals surface area contributed by atoms with Gasteiger partial charge < -0.3 is 9.47 Å². The van der Waals surface area contributed by atoms with Crippen molar-refractivity contribution < 1.29 is 13.9 Å². The van der Waals surface area contributed by atoms with Crippen molar-refractivity contribution in [3.8, 4) is 11.5 Å². The van der Waals surface area contributed by atoms with Crippen molar-refractivity contribution in [2.24, 2.45) is 23.7 Å². The zero-order chi connectivity index (χ0) is 21.3. The molecule has 0 unspecified atom stereocenters. The molecule has 2 saturated carbocycles. The van der Waals surface area contributed by atoms with Gasteiger partial charge in [0.15, 0.2) is 11.6 Å². The van der Waals surface area contributed by atoms with E-state index in [4.69, 9.17) is 21.1 Å². The van der Waals surface area contributed by atoms with E-state index in [9.17, 15) is 4.39 Å². The largest absolute Gasteiger partial charge is 0.492 e. The predicted molar refractivity (Wildman–Crippen MR) is 123 cm³/mol. The van der Waals surface area contributed by atoms with Crippen LogP contribution in [0.3, 0.4) is 0 Å². The van der Waals surface area contributed by atoms with Gasteiger partial charge in [0.1, 0.15) is 10.8 Å². The Morgan fingerprint density at radius 2 is 1.43 bits per heavy atom. The molecular formula is C26H40ClFO2. The molecule has 1 aromatic rings. The van der Waals surface area contributed by atoms with Crippen LogP contribution in [0.5, 0.6) is 11.5 Å². The van der Waals surface area contributed by atoms with Crippen molar-refractivity contribution in [3.63, 3.8) is 0 Å². The van der Waals surface area contributed by atoms with E-state index in [-0.39, 0.29) is 10.8 Å². The van der Waals surface area contributed by atoms with Crippen LogP contribution in [0, 0.1) is 29.5 Å². The van der Waals surface area contributed by atoms with Gasteiger partial charge in [0.2, 0.25) is 0 Å². The molecule has 0 aliphatic heterocycles. The Morgan fingerprint density at radius 1 is 0.833 bits per heavy atom. The summed E-state index contributed by atoms with van der Waals surface area (Å²) in [6.07, 6.45) is 16.5. The molecule has 0 aromatic heterocycles. The van der Waals surface area contributed by atoms with Gasteiger partial charge in [-0.05, 0) is 81.3 Å². The Balaban J connectivity index is 1.38. The zero-order valence-electron chi connectivity index (χ0n) is 18.9. The normalized spacial score (nSPS) is 27.1. The topological polar surface area (TPSA) is 18.5 Å². The lowest BCUT2D eigenvalue weighted by Gasteiger charge is -2.38. The molecule has 0 radical (unpaired) electrons. The molecular weight excluding hydrogens is 399 g/mol. The van der Waals surface area contributed by atoms with Gasteiger partial charge in [-0.1, -0.05) is 57.0 Å². The molecule has 170 valence electrons. The Kier molecular flexibility index (Phi) is 9.62. The smallest absolute Gasteiger partial charge is 0.187 e. The van der Waals surface area contributed by atoms with Crippen LogP contribution in [0.15, 0.2) is 12.1 Å². The molecule has 0 amide bonds. The fourth-order valence-corrected chi connectivity index (χ4v) is 5.77. The van der Waals surface area contributed by atoms with Crippen LogP contribution in [0.4, 0.5) is 4.39 Å². The number of hydrogen-bond acceptors (Lipinski definition) is 2. The molecule has 2 aliphatic rings. The number of benzene rings is 1. The second kappa shape index (κ2) is 12.2. The zero-order valence-corrected chi connectivity index (χ0v) is 19.7. The molecule has 2 aliphatic carbocycles. The number of rotatable bonds is 10. The summed E-state index contributed by atoms with van der Waals surface area (Å²) in [5, 5.41) is 0.0327. The van der Waals surface area contributed by atoms with Crippen LogP contribution in [0.2, 0.25) is 5.02 Å². The molecule has 0 N–H and O–H groups in total. The molecule has 2 nitrogen and oxygen atoms in total. The maximum atomic E-state index is 14.2. The minimum Gasteiger partial charge on any atom is -0.492 e. The molecule has 4 heteroatoms. The summed E-state index contributed by atoms with van der Waals surface area (Å²) >= 11 is 6.15. The van der Waals surface area contributed by atoms with E-state index in [1.54, 1.807) is 12.1 Å². The Morgan fingerprint density at radius 3 is 2.03 bits per heavy atom. The first kappa shape index (κ1) is 23.7. The van der Waals surface area contributed by atoms with Crippen molar-refractivity contribution in [1.82, 2.24) is 0 Å². The summed E-state index contributed by atoms with van der Waals surface area (Å²) in [7, 11) is 0. The first-order valence-corrected chi connectivity index (χ1v) is 12.7. The van der Waals surface area contributed by atoms with Gasteiger partial charge in [0, 0.05) is 0 Å². The molecule has 0 spiro atoms. The molecule has 3 rings (SSSR count). The molecule has 0 bridgehead atoms. The maximum Gasteiger partial charge on any atom is 0.187 e. The van der Waals surface area contributed by atoms with Crippen LogP contribution in [-0.4, -0.2) is 13.2 Å². The van der Waals surface area contributed by atoms with Gasteiger partial charge in [0.25, 0.3) is 0 Å².